The topological polar surface area (TPSA) is 38.1 Å². The molecule has 0 saturated carbocycles. The van der Waals surface area contributed by atoms with Crippen molar-refractivity contribution < 1.29 is 4.42 Å². The first-order valence-electron chi connectivity index (χ1n) is 5.60. The smallest absolute Gasteiger partial charge is 0.227 e. The second-order valence-corrected chi connectivity index (χ2v) is 4.40. The van der Waals surface area contributed by atoms with Gasteiger partial charge in [-0.3, -0.25) is 0 Å². The Labute approximate surface area is 109 Å². The summed E-state index contributed by atoms with van der Waals surface area (Å²) >= 11 is 5.96. The number of nitrogens with zero attached hydrogens (tertiary/aromatic N) is 1. The van der Waals surface area contributed by atoms with Gasteiger partial charge in [-0.2, -0.15) is 0 Å². The van der Waals surface area contributed by atoms with Gasteiger partial charge in [0.15, 0.2) is 5.58 Å². The molecule has 0 fully saturated rings. The normalized spacial score (nSPS) is 10.8. The average molecular weight is 259 g/mol. The Morgan fingerprint density at radius 2 is 2.06 bits per heavy atom. The van der Waals surface area contributed by atoms with Crippen molar-refractivity contribution in [1.29, 1.82) is 0 Å². The third kappa shape index (κ3) is 1.93. The zero-order valence-electron chi connectivity index (χ0n) is 9.77. The number of benzene rings is 2. The number of hydrogen-bond acceptors (Lipinski definition) is 3. The molecule has 1 N–H and O–H groups in total. The maximum Gasteiger partial charge on any atom is 0.227 e. The highest BCUT2D eigenvalue weighted by Crippen LogP contribution is 2.27. The molecule has 1 aromatic heterocycles. The maximum atomic E-state index is 5.96. The van der Waals surface area contributed by atoms with Gasteiger partial charge in [0.25, 0.3) is 0 Å². The second kappa shape index (κ2) is 4.35. The van der Waals surface area contributed by atoms with Crippen LogP contribution in [0.2, 0.25) is 5.02 Å². The van der Waals surface area contributed by atoms with E-state index in [0.29, 0.717) is 10.9 Å². The summed E-state index contributed by atoms with van der Waals surface area (Å²) in [6.45, 7) is 0. The molecule has 1 heterocycles. The van der Waals surface area contributed by atoms with Gasteiger partial charge in [0.1, 0.15) is 5.52 Å². The summed E-state index contributed by atoms with van der Waals surface area (Å²) in [6, 6.07) is 13.3. The number of nitrogens with one attached hydrogen (secondary N) is 1. The van der Waals surface area contributed by atoms with Crippen LogP contribution in [0.4, 0.5) is 5.69 Å². The minimum absolute atomic E-state index is 0.584. The Balaban J connectivity index is 2.13. The highest BCUT2D eigenvalue weighted by atomic mass is 35.5. The van der Waals surface area contributed by atoms with Crippen molar-refractivity contribution in [1.82, 2.24) is 4.98 Å². The number of rotatable bonds is 2. The molecular formula is C14H11ClN2O. The number of aromatic nitrogens is 1. The van der Waals surface area contributed by atoms with E-state index < -0.39 is 0 Å². The van der Waals surface area contributed by atoms with Gasteiger partial charge < -0.3 is 9.73 Å². The Kier molecular flexibility index (Phi) is 2.68. The lowest BCUT2D eigenvalue weighted by molar-refractivity contribution is 0.620. The van der Waals surface area contributed by atoms with Crippen molar-refractivity contribution in [3.05, 3.63) is 47.5 Å². The summed E-state index contributed by atoms with van der Waals surface area (Å²) in [5, 5.41) is 3.74. The van der Waals surface area contributed by atoms with Crippen LogP contribution in [0.3, 0.4) is 0 Å². The Hall–Kier alpha value is -2.00. The van der Waals surface area contributed by atoms with Crippen LogP contribution < -0.4 is 5.32 Å². The van der Waals surface area contributed by atoms with Gasteiger partial charge in [-0.15, -0.1) is 0 Å². The lowest BCUT2D eigenvalue weighted by Crippen LogP contribution is -1.85. The fourth-order valence-corrected chi connectivity index (χ4v) is 2.02. The average Bonchev–Trinajstić information content (AvgIpc) is 2.81. The van der Waals surface area contributed by atoms with Crippen LogP contribution in [0.5, 0.6) is 0 Å². The Morgan fingerprint density at radius 1 is 1.17 bits per heavy atom. The van der Waals surface area contributed by atoms with Gasteiger partial charge in [0.05, 0.1) is 0 Å². The van der Waals surface area contributed by atoms with Crippen LogP contribution >= 0.6 is 11.6 Å². The molecule has 3 aromatic rings. The van der Waals surface area contributed by atoms with Gasteiger partial charge in [0, 0.05) is 29.4 Å². The standard InChI is InChI=1S/C14H11ClN2O/c1-16-11-5-6-12-13(8-11)18-14(17-12)9-3-2-4-10(15)7-9/h2-8,16H,1H3. The minimum atomic E-state index is 0.584. The fraction of sp³-hybridized carbons (Fsp3) is 0.0714. The molecule has 0 spiro atoms. The van der Waals surface area contributed by atoms with Crippen molar-refractivity contribution in [2.24, 2.45) is 0 Å². The summed E-state index contributed by atoms with van der Waals surface area (Å²) in [5.74, 6) is 0.584. The van der Waals surface area contributed by atoms with E-state index in [2.05, 4.69) is 10.3 Å². The van der Waals surface area contributed by atoms with E-state index in [4.69, 9.17) is 16.0 Å². The molecule has 3 nitrogen and oxygen atoms in total. The van der Waals surface area contributed by atoms with E-state index in [1.807, 2.05) is 49.5 Å². The Bertz CT molecular complexity index is 706. The van der Waals surface area contributed by atoms with E-state index in [1.54, 1.807) is 0 Å². The molecule has 0 unspecified atom stereocenters. The molecule has 4 heteroatoms. The summed E-state index contributed by atoms with van der Waals surface area (Å²) < 4.78 is 5.74. The lowest BCUT2D eigenvalue weighted by atomic mass is 10.2. The molecule has 0 radical (unpaired) electrons. The second-order valence-electron chi connectivity index (χ2n) is 3.96. The van der Waals surface area contributed by atoms with Crippen molar-refractivity contribution in [2.75, 3.05) is 12.4 Å². The number of anilines is 1. The molecule has 0 aliphatic carbocycles. The number of hydrogen-bond donors (Lipinski definition) is 1. The Morgan fingerprint density at radius 3 is 2.83 bits per heavy atom. The number of halogens is 1. The highest BCUT2D eigenvalue weighted by molar-refractivity contribution is 6.30. The first kappa shape index (κ1) is 11.1. The number of oxazole rings is 1. The molecule has 0 bridgehead atoms. The number of fused-ring (bicyclic) bond motifs is 1. The monoisotopic (exact) mass is 258 g/mol. The zero-order chi connectivity index (χ0) is 12.5. The molecule has 0 amide bonds. The third-order valence-electron chi connectivity index (χ3n) is 2.75. The summed E-state index contributed by atoms with van der Waals surface area (Å²) in [5.41, 5.74) is 3.47. The molecule has 3 rings (SSSR count). The molecule has 90 valence electrons. The summed E-state index contributed by atoms with van der Waals surface area (Å²) in [6.07, 6.45) is 0. The van der Waals surface area contributed by atoms with Crippen molar-refractivity contribution in [3.8, 4) is 11.5 Å². The zero-order valence-corrected chi connectivity index (χ0v) is 10.5. The van der Waals surface area contributed by atoms with Crippen molar-refractivity contribution >= 4 is 28.4 Å². The van der Waals surface area contributed by atoms with E-state index in [1.165, 1.54) is 0 Å². The van der Waals surface area contributed by atoms with E-state index in [9.17, 15) is 0 Å². The minimum Gasteiger partial charge on any atom is -0.436 e. The molecule has 0 aliphatic heterocycles. The van der Waals surface area contributed by atoms with Crippen LogP contribution in [0.25, 0.3) is 22.6 Å². The molecule has 0 saturated heterocycles. The lowest BCUT2D eigenvalue weighted by Gasteiger charge is -1.96. The van der Waals surface area contributed by atoms with Crippen molar-refractivity contribution in [3.63, 3.8) is 0 Å². The first-order chi connectivity index (χ1) is 8.76. The van der Waals surface area contributed by atoms with Crippen LogP contribution in [-0.4, -0.2) is 12.0 Å². The third-order valence-corrected chi connectivity index (χ3v) is 2.98. The van der Waals surface area contributed by atoms with Gasteiger partial charge in [-0.25, -0.2) is 4.98 Å². The van der Waals surface area contributed by atoms with Crippen LogP contribution in [-0.2, 0) is 0 Å². The predicted octanol–water partition coefficient (Wildman–Crippen LogP) is 4.19. The van der Waals surface area contributed by atoms with E-state index in [0.717, 1.165) is 22.4 Å². The van der Waals surface area contributed by atoms with E-state index in [-0.39, 0.29) is 0 Å². The van der Waals surface area contributed by atoms with Gasteiger partial charge in [0.2, 0.25) is 5.89 Å². The molecule has 0 atom stereocenters. The largest absolute Gasteiger partial charge is 0.436 e. The highest BCUT2D eigenvalue weighted by Gasteiger charge is 2.08. The van der Waals surface area contributed by atoms with E-state index >= 15 is 0 Å². The quantitative estimate of drug-likeness (QED) is 0.749. The molecular weight excluding hydrogens is 248 g/mol. The van der Waals surface area contributed by atoms with Gasteiger partial charge in [-0.1, -0.05) is 17.7 Å². The summed E-state index contributed by atoms with van der Waals surface area (Å²) in [4.78, 5) is 4.45. The van der Waals surface area contributed by atoms with Crippen LogP contribution in [0.15, 0.2) is 46.9 Å². The van der Waals surface area contributed by atoms with Crippen LogP contribution in [0, 0.1) is 0 Å². The molecule has 2 aromatic carbocycles. The molecule has 18 heavy (non-hydrogen) atoms. The van der Waals surface area contributed by atoms with Gasteiger partial charge >= 0.3 is 0 Å². The predicted molar refractivity (Wildman–Crippen MR) is 74.0 cm³/mol. The SMILES string of the molecule is CNc1ccc2nc(-c3cccc(Cl)c3)oc2c1. The van der Waals surface area contributed by atoms with Gasteiger partial charge in [-0.05, 0) is 30.3 Å². The fourth-order valence-electron chi connectivity index (χ4n) is 1.83. The molecule has 0 aliphatic rings. The first-order valence-corrected chi connectivity index (χ1v) is 5.98. The van der Waals surface area contributed by atoms with Crippen molar-refractivity contribution in [2.45, 2.75) is 0 Å². The van der Waals surface area contributed by atoms with Crippen LogP contribution in [0.1, 0.15) is 0 Å². The summed E-state index contributed by atoms with van der Waals surface area (Å²) in [7, 11) is 1.87. The maximum absolute atomic E-state index is 5.96.